The number of rotatable bonds is 6. The van der Waals surface area contributed by atoms with Crippen LogP contribution in [0.3, 0.4) is 0 Å². The molecule has 1 amide bonds. The van der Waals surface area contributed by atoms with E-state index in [1.165, 1.54) is 21.2 Å². The zero-order valence-corrected chi connectivity index (χ0v) is 15.0. The van der Waals surface area contributed by atoms with Gasteiger partial charge in [0.1, 0.15) is 0 Å². The first-order valence-corrected chi connectivity index (χ1v) is 9.40. The molecule has 4 aromatic rings. The maximum atomic E-state index is 12.2. The Kier molecular flexibility index (Phi) is 4.80. The lowest BCUT2D eigenvalue weighted by Crippen LogP contribution is -2.25. The first-order chi connectivity index (χ1) is 12.8. The molecular formula is C21H18N2O2S. The Bertz CT molecular complexity index is 1020. The molecule has 26 heavy (non-hydrogen) atoms. The second-order valence-electron chi connectivity index (χ2n) is 6.08. The fourth-order valence-electron chi connectivity index (χ4n) is 2.99. The summed E-state index contributed by atoms with van der Waals surface area (Å²) in [5.41, 5.74) is 1.92. The van der Waals surface area contributed by atoms with E-state index < -0.39 is 0 Å². The van der Waals surface area contributed by atoms with Gasteiger partial charge in [-0.15, -0.1) is 11.3 Å². The summed E-state index contributed by atoms with van der Waals surface area (Å²) in [7, 11) is 0. The maximum Gasteiger partial charge on any atom is 0.289 e. The molecule has 0 aliphatic heterocycles. The van der Waals surface area contributed by atoms with Crippen molar-refractivity contribution in [3.05, 3.63) is 87.9 Å². The molecule has 2 heterocycles. The molecule has 4 rings (SSSR count). The third-order valence-corrected chi connectivity index (χ3v) is 5.21. The van der Waals surface area contributed by atoms with Crippen molar-refractivity contribution in [1.29, 1.82) is 0 Å². The molecule has 0 spiro atoms. The van der Waals surface area contributed by atoms with Crippen LogP contribution in [-0.2, 0) is 12.8 Å². The summed E-state index contributed by atoms with van der Waals surface area (Å²) in [5, 5.41) is 11.4. The number of aromatic nitrogens is 1. The highest BCUT2D eigenvalue weighted by Gasteiger charge is 2.13. The molecule has 0 fully saturated rings. The van der Waals surface area contributed by atoms with E-state index in [0.717, 1.165) is 12.1 Å². The van der Waals surface area contributed by atoms with Crippen LogP contribution in [0.2, 0.25) is 0 Å². The van der Waals surface area contributed by atoms with Crippen LogP contribution in [0.4, 0.5) is 0 Å². The number of hydrogen-bond donors (Lipinski definition) is 1. The number of amides is 1. The summed E-state index contributed by atoms with van der Waals surface area (Å²) in [6, 6.07) is 20.3. The maximum absolute atomic E-state index is 12.2. The van der Waals surface area contributed by atoms with E-state index in [1.54, 1.807) is 17.4 Å². The van der Waals surface area contributed by atoms with E-state index in [-0.39, 0.29) is 11.7 Å². The van der Waals surface area contributed by atoms with Gasteiger partial charge < -0.3 is 9.84 Å². The normalized spacial score (nSPS) is 10.9. The molecule has 0 unspecified atom stereocenters. The molecule has 0 bridgehead atoms. The van der Waals surface area contributed by atoms with Gasteiger partial charge >= 0.3 is 0 Å². The summed E-state index contributed by atoms with van der Waals surface area (Å²) in [5.74, 6) is 0.0321. The van der Waals surface area contributed by atoms with Crippen LogP contribution in [0.25, 0.3) is 10.8 Å². The molecule has 5 heteroatoms. The molecule has 1 N–H and O–H groups in total. The number of benzene rings is 2. The minimum atomic E-state index is -0.224. The standard InChI is InChI=1S/C21H18N2O2S/c24-21(22-11-10-18-8-4-12-26-18)20-14-17(23-25-20)13-16-7-3-6-15-5-1-2-9-19(15)16/h1-9,12,14H,10-11,13H2,(H,22,24). The topological polar surface area (TPSA) is 55.1 Å². The number of carbonyl (C=O) groups is 1. The SMILES string of the molecule is O=C(NCCc1cccs1)c1cc(Cc2cccc3ccccc23)no1. The van der Waals surface area contributed by atoms with E-state index in [0.29, 0.717) is 13.0 Å². The number of fused-ring (bicyclic) bond motifs is 1. The highest BCUT2D eigenvalue weighted by atomic mass is 32.1. The first kappa shape index (κ1) is 16.5. The van der Waals surface area contributed by atoms with E-state index in [9.17, 15) is 4.79 Å². The lowest BCUT2D eigenvalue weighted by atomic mass is 10.0. The van der Waals surface area contributed by atoms with Gasteiger partial charge in [0, 0.05) is 23.9 Å². The Morgan fingerprint density at radius 2 is 1.96 bits per heavy atom. The van der Waals surface area contributed by atoms with E-state index in [2.05, 4.69) is 40.8 Å². The molecule has 130 valence electrons. The molecule has 0 saturated heterocycles. The van der Waals surface area contributed by atoms with Crippen LogP contribution < -0.4 is 5.32 Å². The summed E-state index contributed by atoms with van der Waals surface area (Å²) in [4.78, 5) is 13.5. The fourth-order valence-corrected chi connectivity index (χ4v) is 3.69. The number of carbonyl (C=O) groups excluding carboxylic acids is 1. The third-order valence-electron chi connectivity index (χ3n) is 4.27. The Balaban J connectivity index is 1.41. The van der Waals surface area contributed by atoms with Crippen molar-refractivity contribution in [2.75, 3.05) is 6.54 Å². The average Bonchev–Trinajstić information content (AvgIpc) is 3.34. The molecule has 0 atom stereocenters. The van der Waals surface area contributed by atoms with Crippen molar-refractivity contribution >= 4 is 28.0 Å². The highest BCUT2D eigenvalue weighted by molar-refractivity contribution is 7.09. The Labute approximate surface area is 155 Å². The predicted octanol–water partition coefficient (Wildman–Crippen LogP) is 4.45. The number of hydrogen-bond acceptors (Lipinski definition) is 4. The largest absolute Gasteiger partial charge is 0.351 e. The van der Waals surface area contributed by atoms with Gasteiger partial charge in [-0.3, -0.25) is 4.79 Å². The third kappa shape index (κ3) is 3.68. The van der Waals surface area contributed by atoms with Crippen molar-refractivity contribution in [1.82, 2.24) is 10.5 Å². The van der Waals surface area contributed by atoms with Crippen molar-refractivity contribution in [2.45, 2.75) is 12.8 Å². The van der Waals surface area contributed by atoms with Crippen molar-refractivity contribution in [3.8, 4) is 0 Å². The minimum Gasteiger partial charge on any atom is -0.351 e. The van der Waals surface area contributed by atoms with Crippen molar-refractivity contribution in [2.24, 2.45) is 0 Å². The van der Waals surface area contributed by atoms with Gasteiger partial charge in [0.15, 0.2) is 0 Å². The molecular weight excluding hydrogens is 344 g/mol. The molecule has 0 radical (unpaired) electrons. The highest BCUT2D eigenvalue weighted by Crippen LogP contribution is 2.21. The molecule has 0 saturated carbocycles. The van der Waals surface area contributed by atoms with Crippen LogP contribution in [0.5, 0.6) is 0 Å². The van der Waals surface area contributed by atoms with Crippen molar-refractivity contribution in [3.63, 3.8) is 0 Å². The monoisotopic (exact) mass is 362 g/mol. The van der Waals surface area contributed by atoms with Crippen LogP contribution >= 0.6 is 11.3 Å². The van der Waals surface area contributed by atoms with Crippen LogP contribution in [0.15, 0.2) is 70.6 Å². The van der Waals surface area contributed by atoms with Gasteiger partial charge in [0.05, 0.1) is 5.69 Å². The second kappa shape index (κ2) is 7.54. The summed E-state index contributed by atoms with van der Waals surface area (Å²) in [6.45, 7) is 0.582. The van der Waals surface area contributed by atoms with Gasteiger partial charge in [-0.05, 0) is 34.2 Å². The summed E-state index contributed by atoms with van der Waals surface area (Å²) < 4.78 is 5.24. The van der Waals surface area contributed by atoms with E-state index in [4.69, 9.17) is 4.52 Å². The quantitative estimate of drug-likeness (QED) is 0.551. The van der Waals surface area contributed by atoms with Crippen LogP contribution in [-0.4, -0.2) is 17.6 Å². The molecule has 2 aromatic carbocycles. The zero-order valence-electron chi connectivity index (χ0n) is 14.1. The van der Waals surface area contributed by atoms with E-state index in [1.807, 2.05) is 29.6 Å². The minimum absolute atomic E-state index is 0.224. The molecule has 0 aliphatic rings. The van der Waals surface area contributed by atoms with Gasteiger partial charge in [-0.1, -0.05) is 53.7 Å². The number of thiophene rings is 1. The van der Waals surface area contributed by atoms with Crippen LogP contribution in [0.1, 0.15) is 26.7 Å². The number of nitrogens with zero attached hydrogens (tertiary/aromatic N) is 1. The Morgan fingerprint density at radius 3 is 2.85 bits per heavy atom. The van der Waals surface area contributed by atoms with Gasteiger partial charge in [-0.2, -0.15) is 0 Å². The Hall–Kier alpha value is -2.92. The predicted molar refractivity (Wildman–Crippen MR) is 104 cm³/mol. The first-order valence-electron chi connectivity index (χ1n) is 8.52. The van der Waals surface area contributed by atoms with E-state index >= 15 is 0 Å². The van der Waals surface area contributed by atoms with Gasteiger partial charge in [0.2, 0.25) is 5.76 Å². The van der Waals surface area contributed by atoms with Crippen LogP contribution in [0, 0.1) is 0 Å². The van der Waals surface area contributed by atoms with Crippen molar-refractivity contribution < 1.29 is 9.32 Å². The molecule has 2 aromatic heterocycles. The lowest BCUT2D eigenvalue weighted by Gasteiger charge is -2.04. The molecule has 0 aliphatic carbocycles. The summed E-state index contributed by atoms with van der Waals surface area (Å²) >= 11 is 1.69. The average molecular weight is 362 g/mol. The number of nitrogens with one attached hydrogen (secondary N) is 1. The molecule has 4 nitrogen and oxygen atoms in total. The summed E-state index contributed by atoms with van der Waals surface area (Å²) in [6.07, 6.45) is 1.45. The fraction of sp³-hybridized carbons (Fsp3) is 0.143. The Morgan fingerprint density at radius 1 is 1.08 bits per heavy atom. The smallest absolute Gasteiger partial charge is 0.289 e. The lowest BCUT2D eigenvalue weighted by molar-refractivity contribution is 0.0917. The second-order valence-corrected chi connectivity index (χ2v) is 7.12. The van der Waals surface area contributed by atoms with Gasteiger partial charge in [0.25, 0.3) is 5.91 Å². The van der Waals surface area contributed by atoms with Gasteiger partial charge in [-0.25, -0.2) is 0 Å². The zero-order chi connectivity index (χ0) is 17.8.